The maximum absolute atomic E-state index is 13.9. The van der Waals surface area contributed by atoms with Crippen molar-refractivity contribution in [2.45, 2.75) is 58.8 Å². The van der Waals surface area contributed by atoms with Gasteiger partial charge in [0.1, 0.15) is 5.82 Å². The molecule has 0 unspecified atom stereocenters. The Hall–Kier alpha value is -1.77. The molecule has 0 radical (unpaired) electrons. The number of halogens is 1. The van der Waals surface area contributed by atoms with Gasteiger partial charge < -0.3 is 0 Å². The highest BCUT2D eigenvalue weighted by atomic mass is 19.1. The summed E-state index contributed by atoms with van der Waals surface area (Å²) in [5, 5.41) is 8.66. The van der Waals surface area contributed by atoms with Crippen molar-refractivity contribution in [3.8, 4) is 11.3 Å². The SMILES string of the molecule is CCc1ccc(-c2ccc(CCC3CCC(C)CC3)nn2)cc1F. The molecule has 0 aliphatic heterocycles. The number of hydrogen-bond donors (Lipinski definition) is 0. The third-order valence-electron chi connectivity index (χ3n) is 5.39. The number of aromatic nitrogens is 2. The number of hydrogen-bond acceptors (Lipinski definition) is 2. The van der Waals surface area contributed by atoms with Gasteiger partial charge in [0, 0.05) is 5.56 Å². The van der Waals surface area contributed by atoms with Crippen molar-refractivity contribution in [3.63, 3.8) is 0 Å². The molecule has 2 nitrogen and oxygen atoms in total. The molecule has 3 heteroatoms. The van der Waals surface area contributed by atoms with E-state index in [1.54, 1.807) is 6.07 Å². The van der Waals surface area contributed by atoms with Crippen LogP contribution in [-0.4, -0.2) is 10.2 Å². The Morgan fingerprint density at radius 3 is 2.46 bits per heavy atom. The summed E-state index contributed by atoms with van der Waals surface area (Å²) >= 11 is 0. The zero-order valence-corrected chi connectivity index (χ0v) is 14.8. The van der Waals surface area contributed by atoms with Crippen molar-refractivity contribution in [3.05, 3.63) is 47.4 Å². The van der Waals surface area contributed by atoms with E-state index >= 15 is 0 Å². The van der Waals surface area contributed by atoms with Crippen molar-refractivity contribution >= 4 is 0 Å². The van der Waals surface area contributed by atoms with E-state index < -0.39 is 0 Å². The van der Waals surface area contributed by atoms with E-state index in [4.69, 9.17) is 0 Å². The highest BCUT2D eigenvalue weighted by molar-refractivity contribution is 5.59. The number of benzene rings is 1. The second-order valence-electron chi connectivity index (χ2n) is 7.23. The van der Waals surface area contributed by atoms with Gasteiger partial charge in [0.05, 0.1) is 11.4 Å². The Balaban J connectivity index is 1.60. The molecule has 0 N–H and O–H groups in total. The van der Waals surface area contributed by atoms with Crippen LogP contribution in [0.4, 0.5) is 4.39 Å². The molecule has 1 saturated carbocycles. The largest absolute Gasteiger partial charge is 0.207 e. The fourth-order valence-corrected chi connectivity index (χ4v) is 3.61. The minimum atomic E-state index is -0.160. The Kier molecular flexibility index (Phi) is 5.60. The summed E-state index contributed by atoms with van der Waals surface area (Å²) in [7, 11) is 0. The van der Waals surface area contributed by atoms with Crippen molar-refractivity contribution in [1.82, 2.24) is 10.2 Å². The van der Waals surface area contributed by atoms with Crippen molar-refractivity contribution in [1.29, 1.82) is 0 Å². The fraction of sp³-hybridized carbons (Fsp3) is 0.524. The molecule has 0 amide bonds. The molecule has 1 aromatic carbocycles. The van der Waals surface area contributed by atoms with Gasteiger partial charge in [-0.15, -0.1) is 0 Å². The van der Waals surface area contributed by atoms with Crippen LogP contribution in [0.15, 0.2) is 30.3 Å². The van der Waals surface area contributed by atoms with Crippen molar-refractivity contribution in [2.24, 2.45) is 11.8 Å². The van der Waals surface area contributed by atoms with E-state index in [0.717, 1.165) is 40.8 Å². The predicted molar refractivity (Wildman–Crippen MR) is 96.2 cm³/mol. The lowest BCUT2D eigenvalue weighted by Crippen LogP contribution is -2.13. The lowest BCUT2D eigenvalue weighted by Gasteiger charge is -2.25. The Morgan fingerprint density at radius 1 is 1.04 bits per heavy atom. The average Bonchev–Trinajstić information content (AvgIpc) is 2.61. The van der Waals surface area contributed by atoms with Gasteiger partial charge in [0.15, 0.2) is 0 Å². The number of rotatable bonds is 5. The van der Waals surface area contributed by atoms with Crippen LogP contribution in [-0.2, 0) is 12.8 Å². The molecule has 2 aromatic rings. The summed E-state index contributed by atoms with van der Waals surface area (Å²) in [6.07, 6.45) is 8.36. The first kappa shape index (κ1) is 17.1. The van der Waals surface area contributed by atoms with Crippen LogP contribution >= 0.6 is 0 Å². The van der Waals surface area contributed by atoms with E-state index in [-0.39, 0.29) is 5.82 Å². The molecule has 1 aromatic heterocycles. The summed E-state index contributed by atoms with van der Waals surface area (Å²) in [6, 6.07) is 9.33. The lowest BCUT2D eigenvalue weighted by atomic mass is 9.81. The van der Waals surface area contributed by atoms with Gasteiger partial charge in [-0.3, -0.25) is 0 Å². The van der Waals surface area contributed by atoms with Gasteiger partial charge in [-0.25, -0.2) is 4.39 Å². The van der Waals surface area contributed by atoms with Gasteiger partial charge in [-0.2, -0.15) is 10.2 Å². The molecule has 1 aliphatic carbocycles. The van der Waals surface area contributed by atoms with E-state index in [9.17, 15) is 4.39 Å². The molecule has 1 aliphatic rings. The third kappa shape index (κ3) is 4.19. The molecule has 0 atom stereocenters. The summed E-state index contributed by atoms with van der Waals surface area (Å²) in [5.74, 6) is 1.59. The Labute approximate surface area is 144 Å². The molecule has 24 heavy (non-hydrogen) atoms. The topological polar surface area (TPSA) is 25.8 Å². The monoisotopic (exact) mass is 326 g/mol. The van der Waals surface area contributed by atoms with E-state index in [1.165, 1.54) is 32.1 Å². The Bertz CT molecular complexity index is 658. The Morgan fingerprint density at radius 2 is 1.83 bits per heavy atom. The summed E-state index contributed by atoms with van der Waals surface area (Å²) in [6.45, 7) is 4.32. The normalized spacial score (nSPS) is 21.0. The van der Waals surface area contributed by atoms with E-state index in [0.29, 0.717) is 6.42 Å². The molecule has 3 rings (SSSR count). The highest BCUT2D eigenvalue weighted by Crippen LogP contribution is 2.31. The second-order valence-corrected chi connectivity index (χ2v) is 7.23. The molecule has 1 fully saturated rings. The molecule has 0 bridgehead atoms. The van der Waals surface area contributed by atoms with Crippen molar-refractivity contribution in [2.75, 3.05) is 0 Å². The first-order valence-electron chi connectivity index (χ1n) is 9.27. The zero-order valence-electron chi connectivity index (χ0n) is 14.8. The van der Waals surface area contributed by atoms with Crippen LogP contribution in [0.1, 0.15) is 57.2 Å². The van der Waals surface area contributed by atoms with E-state index in [2.05, 4.69) is 17.1 Å². The lowest BCUT2D eigenvalue weighted by molar-refractivity contribution is 0.277. The van der Waals surface area contributed by atoms with Crippen LogP contribution in [0.5, 0.6) is 0 Å². The van der Waals surface area contributed by atoms with Gasteiger partial charge in [-0.1, -0.05) is 51.7 Å². The second kappa shape index (κ2) is 7.87. The quantitative estimate of drug-likeness (QED) is 0.714. The summed E-state index contributed by atoms with van der Waals surface area (Å²) < 4.78 is 13.9. The minimum Gasteiger partial charge on any atom is -0.207 e. The smallest absolute Gasteiger partial charge is 0.127 e. The molecule has 1 heterocycles. The number of nitrogens with zero attached hydrogens (tertiary/aromatic N) is 2. The molecular formula is C21H27FN2. The van der Waals surface area contributed by atoms with Crippen LogP contribution in [0, 0.1) is 17.7 Å². The van der Waals surface area contributed by atoms with Crippen LogP contribution < -0.4 is 0 Å². The standard InChI is InChI=1S/C21H27FN2/c1-3-17-9-10-18(14-20(17)22)21-13-12-19(23-24-21)11-8-16-6-4-15(2)5-7-16/h9-10,12-16H,3-8,11H2,1-2H3. The van der Waals surface area contributed by atoms with Crippen LogP contribution in [0.3, 0.4) is 0 Å². The van der Waals surface area contributed by atoms with Gasteiger partial charge >= 0.3 is 0 Å². The van der Waals surface area contributed by atoms with E-state index in [1.807, 2.05) is 31.2 Å². The van der Waals surface area contributed by atoms with Gasteiger partial charge in [0.2, 0.25) is 0 Å². The molecule has 128 valence electrons. The summed E-state index contributed by atoms with van der Waals surface area (Å²) in [5.41, 5.74) is 3.32. The van der Waals surface area contributed by atoms with Crippen LogP contribution in [0.25, 0.3) is 11.3 Å². The molecule has 0 saturated heterocycles. The molecular weight excluding hydrogens is 299 g/mol. The zero-order chi connectivity index (χ0) is 16.9. The molecule has 0 spiro atoms. The summed E-state index contributed by atoms with van der Waals surface area (Å²) in [4.78, 5) is 0. The first-order valence-corrected chi connectivity index (χ1v) is 9.27. The van der Waals surface area contributed by atoms with Crippen LogP contribution in [0.2, 0.25) is 0 Å². The predicted octanol–water partition coefficient (Wildman–Crippen LogP) is 5.60. The average molecular weight is 326 g/mol. The maximum atomic E-state index is 13.9. The van der Waals surface area contributed by atoms with Gasteiger partial charge in [-0.05, 0) is 54.9 Å². The third-order valence-corrected chi connectivity index (χ3v) is 5.39. The fourth-order valence-electron chi connectivity index (χ4n) is 3.61. The minimum absolute atomic E-state index is 0.160. The van der Waals surface area contributed by atoms with Crippen molar-refractivity contribution < 1.29 is 4.39 Å². The number of aryl methyl sites for hydroxylation is 2. The maximum Gasteiger partial charge on any atom is 0.127 e. The first-order chi connectivity index (χ1) is 11.7. The van der Waals surface area contributed by atoms with Gasteiger partial charge in [0.25, 0.3) is 0 Å². The highest BCUT2D eigenvalue weighted by Gasteiger charge is 2.18.